The first kappa shape index (κ1) is 12.5. The number of aromatic hydroxyl groups is 1. The highest BCUT2D eigenvalue weighted by Crippen LogP contribution is 2.24. The number of rotatable bonds is 5. The quantitative estimate of drug-likeness (QED) is 0.748. The van der Waals surface area contributed by atoms with Gasteiger partial charge >= 0.3 is 0 Å². The minimum absolute atomic E-state index is 0.101. The monoisotopic (exact) mass is 224 g/mol. The summed E-state index contributed by atoms with van der Waals surface area (Å²) in [5.41, 5.74) is 0.267. The number of carbonyl (C=O) groups is 1. The van der Waals surface area contributed by atoms with Crippen molar-refractivity contribution in [2.45, 2.75) is 26.4 Å². The number of Topliss-reactive ketones (excluding diaryl/α,β-unsaturated/α-hetero) is 1. The molecule has 1 unspecified atom stereocenters. The van der Waals surface area contributed by atoms with Gasteiger partial charge in [-0.15, -0.1) is 0 Å². The molecule has 1 rings (SSSR count). The van der Waals surface area contributed by atoms with Crippen LogP contribution in [-0.4, -0.2) is 28.7 Å². The van der Waals surface area contributed by atoms with Crippen LogP contribution in [0.5, 0.6) is 11.5 Å². The summed E-state index contributed by atoms with van der Waals surface area (Å²) in [5, 5.41) is 18.8. The standard InChI is InChI=1S/C12H16O4/c1-3-9(14)7-16-10-4-5-11(8(2)13)12(15)6-10/h4-6,9,14-15H,3,7H2,1-2H3. The zero-order chi connectivity index (χ0) is 12.1. The molecule has 0 radical (unpaired) electrons. The van der Waals surface area contributed by atoms with Gasteiger partial charge in [0.25, 0.3) is 0 Å². The molecule has 4 nitrogen and oxygen atoms in total. The molecule has 0 spiro atoms. The zero-order valence-electron chi connectivity index (χ0n) is 9.43. The fourth-order valence-electron chi connectivity index (χ4n) is 1.21. The van der Waals surface area contributed by atoms with Crippen molar-refractivity contribution in [3.8, 4) is 11.5 Å². The fraction of sp³-hybridized carbons (Fsp3) is 0.417. The molecule has 0 aliphatic carbocycles. The number of carbonyl (C=O) groups excluding carboxylic acids is 1. The van der Waals surface area contributed by atoms with Crippen molar-refractivity contribution in [2.24, 2.45) is 0 Å². The Balaban J connectivity index is 2.70. The Morgan fingerprint density at radius 2 is 2.19 bits per heavy atom. The first-order valence-electron chi connectivity index (χ1n) is 5.19. The number of aliphatic hydroxyl groups is 1. The number of ketones is 1. The smallest absolute Gasteiger partial charge is 0.163 e. The van der Waals surface area contributed by atoms with Crippen molar-refractivity contribution < 1.29 is 19.7 Å². The SMILES string of the molecule is CCC(O)COc1ccc(C(C)=O)c(O)c1. The van der Waals surface area contributed by atoms with E-state index in [1.54, 1.807) is 6.07 Å². The van der Waals surface area contributed by atoms with Crippen molar-refractivity contribution >= 4 is 5.78 Å². The summed E-state index contributed by atoms with van der Waals surface area (Å²) in [6.07, 6.45) is 0.0898. The van der Waals surface area contributed by atoms with Crippen LogP contribution in [0.4, 0.5) is 0 Å². The lowest BCUT2D eigenvalue weighted by Crippen LogP contribution is -2.15. The number of aliphatic hydroxyl groups excluding tert-OH is 1. The number of phenols is 1. The Kier molecular flexibility index (Phi) is 4.31. The molecule has 4 heteroatoms. The number of phenolic OH excluding ortho intramolecular Hbond substituents is 1. The van der Waals surface area contributed by atoms with Crippen molar-refractivity contribution in [1.82, 2.24) is 0 Å². The summed E-state index contributed by atoms with van der Waals surface area (Å²) in [6.45, 7) is 3.41. The predicted octanol–water partition coefficient (Wildman–Crippen LogP) is 1.74. The third-order valence-electron chi connectivity index (χ3n) is 2.26. The Morgan fingerprint density at radius 3 is 2.69 bits per heavy atom. The number of benzene rings is 1. The van der Waals surface area contributed by atoms with E-state index in [1.165, 1.54) is 19.1 Å². The van der Waals surface area contributed by atoms with Gasteiger partial charge in [0.05, 0.1) is 11.7 Å². The molecule has 0 amide bonds. The van der Waals surface area contributed by atoms with Gasteiger partial charge in [-0.1, -0.05) is 6.92 Å². The number of hydrogen-bond acceptors (Lipinski definition) is 4. The van der Waals surface area contributed by atoms with Gasteiger partial charge < -0.3 is 14.9 Å². The van der Waals surface area contributed by atoms with Crippen LogP contribution in [0.1, 0.15) is 30.6 Å². The molecule has 1 atom stereocenters. The zero-order valence-corrected chi connectivity index (χ0v) is 9.43. The van der Waals surface area contributed by atoms with Gasteiger partial charge in [0, 0.05) is 6.07 Å². The summed E-state index contributed by atoms with van der Waals surface area (Å²) in [6, 6.07) is 4.48. The summed E-state index contributed by atoms with van der Waals surface area (Å²) in [4.78, 5) is 11.0. The van der Waals surface area contributed by atoms with Crippen molar-refractivity contribution in [3.63, 3.8) is 0 Å². The number of hydrogen-bond donors (Lipinski definition) is 2. The minimum atomic E-state index is -0.519. The van der Waals surface area contributed by atoms with Gasteiger partial charge in [0.1, 0.15) is 18.1 Å². The Hall–Kier alpha value is -1.55. The van der Waals surface area contributed by atoms with Crippen molar-refractivity contribution in [2.75, 3.05) is 6.61 Å². The first-order valence-corrected chi connectivity index (χ1v) is 5.19. The molecule has 1 aromatic rings. The van der Waals surface area contributed by atoms with E-state index < -0.39 is 6.10 Å². The molecule has 0 bridgehead atoms. The lowest BCUT2D eigenvalue weighted by molar-refractivity contribution is 0.101. The van der Waals surface area contributed by atoms with E-state index in [1.807, 2.05) is 6.92 Å². The van der Waals surface area contributed by atoms with Crippen LogP contribution in [0.3, 0.4) is 0 Å². The van der Waals surface area contributed by atoms with Crippen LogP contribution < -0.4 is 4.74 Å². The summed E-state index contributed by atoms with van der Waals surface area (Å²) in [7, 11) is 0. The Labute approximate surface area is 94.5 Å². The van der Waals surface area contributed by atoms with Crippen molar-refractivity contribution in [1.29, 1.82) is 0 Å². The molecule has 0 saturated heterocycles. The highest BCUT2D eigenvalue weighted by Gasteiger charge is 2.08. The molecule has 16 heavy (non-hydrogen) atoms. The van der Waals surface area contributed by atoms with Crippen LogP contribution >= 0.6 is 0 Å². The molecule has 0 aliphatic heterocycles. The third-order valence-corrected chi connectivity index (χ3v) is 2.26. The fourth-order valence-corrected chi connectivity index (χ4v) is 1.21. The molecule has 0 saturated carbocycles. The molecule has 0 aromatic heterocycles. The van der Waals surface area contributed by atoms with E-state index in [4.69, 9.17) is 4.74 Å². The van der Waals surface area contributed by atoms with Gasteiger partial charge in [-0.2, -0.15) is 0 Å². The highest BCUT2D eigenvalue weighted by molar-refractivity contribution is 5.96. The van der Waals surface area contributed by atoms with Crippen LogP contribution in [0, 0.1) is 0 Å². The number of ether oxygens (including phenoxy) is 1. The van der Waals surface area contributed by atoms with Gasteiger partial charge in [0.2, 0.25) is 0 Å². The van der Waals surface area contributed by atoms with Gasteiger partial charge in [-0.3, -0.25) is 4.79 Å². The van der Waals surface area contributed by atoms with Crippen LogP contribution in [-0.2, 0) is 0 Å². The average molecular weight is 224 g/mol. The van der Waals surface area contributed by atoms with E-state index in [0.717, 1.165) is 0 Å². The highest BCUT2D eigenvalue weighted by atomic mass is 16.5. The molecule has 0 aliphatic rings. The molecular formula is C12H16O4. The molecule has 2 N–H and O–H groups in total. The van der Waals surface area contributed by atoms with E-state index in [-0.39, 0.29) is 23.7 Å². The van der Waals surface area contributed by atoms with Crippen LogP contribution in [0.15, 0.2) is 18.2 Å². The lowest BCUT2D eigenvalue weighted by Gasteiger charge is -2.11. The van der Waals surface area contributed by atoms with Gasteiger partial charge in [-0.05, 0) is 25.5 Å². The lowest BCUT2D eigenvalue weighted by atomic mass is 10.1. The van der Waals surface area contributed by atoms with Gasteiger partial charge in [-0.25, -0.2) is 0 Å². The van der Waals surface area contributed by atoms with E-state index in [9.17, 15) is 15.0 Å². The normalized spacial score (nSPS) is 12.2. The average Bonchev–Trinajstić information content (AvgIpc) is 2.25. The summed E-state index contributed by atoms with van der Waals surface area (Å²) >= 11 is 0. The van der Waals surface area contributed by atoms with E-state index >= 15 is 0 Å². The molecule has 88 valence electrons. The Morgan fingerprint density at radius 1 is 1.50 bits per heavy atom. The molecule has 0 heterocycles. The Bertz CT molecular complexity index is 373. The van der Waals surface area contributed by atoms with E-state index in [0.29, 0.717) is 12.2 Å². The van der Waals surface area contributed by atoms with Gasteiger partial charge in [0.15, 0.2) is 5.78 Å². The van der Waals surface area contributed by atoms with Crippen LogP contribution in [0.2, 0.25) is 0 Å². The summed E-state index contributed by atoms with van der Waals surface area (Å²) < 4.78 is 5.25. The second-order valence-corrected chi connectivity index (χ2v) is 3.61. The maximum atomic E-state index is 11.0. The van der Waals surface area contributed by atoms with Crippen molar-refractivity contribution in [3.05, 3.63) is 23.8 Å². The van der Waals surface area contributed by atoms with E-state index in [2.05, 4.69) is 0 Å². The predicted molar refractivity (Wildman–Crippen MR) is 59.9 cm³/mol. The molecule has 0 fully saturated rings. The third kappa shape index (κ3) is 3.24. The maximum Gasteiger partial charge on any atom is 0.163 e. The molecule has 1 aromatic carbocycles. The largest absolute Gasteiger partial charge is 0.507 e. The van der Waals surface area contributed by atoms with Crippen LogP contribution in [0.25, 0.3) is 0 Å². The second kappa shape index (κ2) is 5.51. The summed E-state index contributed by atoms with van der Waals surface area (Å²) in [5.74, 6) is 0.142. The maximum absolute atomic E-state index is 11.0. The second-order valence-electron chi connectivity index (χ2n) is 3.61. The topological polar surface area (TPSA) is 66.8 Å². The minimum Gasteiger partial charge on any atom is -0.507 e. The molecular weight excluding hydrogens is 208 g/mol. The first-order chi connectivity index (χ1) is 7.54.